The number of rotatable bonds is 0. The van der Waals surface area contributed by atoms with E-state index in [1.165, 1.54) is 22.7 Å². The first-order chi connectivity index (χ1) is 4.38. The maximum absolute atomic E-state index is 10.8. The largest absolute Gasteiger partial charge is 0.273 e. The molecule has 2 heterocycles. The molecule has 0 atom stereocenters. The Morgan fingerprint density at radius 1 is 1.78 bits per heavy atom. The number of fused-ring (bicyclic) bond motifs is 1. The summed E-state index contributed by atoms with van der Waals surface area (Å²) in [7, 11) is 0. The number of carbonyl (C=O) groups excluding carboxylic acids is 1. The van der Waals surface area contributed by atoms with Crippen LogP contribution < -0.4 is 0 Å². The third kappa shape index (κ3) is 0.578. The Hall–Kier alpha value is -0.840. The minimum Gasteiger partial charge on any atom is -0.273 e. The summed E-state index contributed by atoms with van der Waals surface area (Å²) in [5.74, 6) is 0.574. The van der Waals surface area contributed by atoms with E-state index in [2.05, 4.69) is 10.2 Å². The lowest BCUT2D eigenvalue weighted by Crippen LogP contribution is -2.04. The Bertz CT molecular complexity index is 256. The van der Waals surface area contributed by atoms with Crippen LogP contribution in [0.1, 0.15) is 4.79 Å². The molecule has 5 heteroatoms. The molecule has 2 rings (SSSR count). The van der Waals surface area contributed by atoms with Crippen molar-refractivity contribution in [2.24, 2.45) is 0 Å². The van der Waals surface area contributed by atoms with Crippen molar-refractivity contribution in [3.8, 4) is 0 Å². The topological polar surface area (TPSA) is 47.8 Å². The third-order valence-corrected chi connectivity index (χ3v) is 2.04. The highest BCUT2D eigenvalue weighted by Crippen LogP contribution is 2.21. The summed E-state index contributed by atoms with van der Waals surface area (Å²) in [5.41, 5.74) is 0. The molecule has 1 aromatic heterocycles. The Balaban J connectivity index is 2.61. The molecule has 1 aromatic rings. The third-order valence-electron chi connectivity index (χ3n) is 1.11. The van der Waals surface area contributed by atoms with Crippen LogP contribution in [0.5, 0.6) is 0 Å². The van der Waals surface area contributed by atoms with Crippen molar-refractivity contribution < 1.29 is 4.79 Å². The summed E-state index contributed by atoms with van der Waals surface area (Å²) in [6.07, 6.45) is 1.44. The van der Waals surface area contributed by atoms with Gasteiger partial charge < -0.3 is 0 Å². The Morgan fingerprint density at radius 3 is 3.44 bits per heavy atom. The van der Waals surface area contributed by atoms with Gasteiger partial charge in [-0.25, -0.2) is 4.57 Å². The highest BCUT2D eigenvalue weighted by Gasteiger charge is 2.19. The molecule has 0 saturated heterocycles. The lowest BCUT2D eigenvalue weighted by Gasteiger charge is -1.83. The van der Waals surface area contributed by atoms with Gasteiger partial charge in [0.05, 0.1) is 5.75 Å². The smallest absolute Gasteiger partial charge is 0.244 e. The summed E-state index contributed by atoms with van der Waals surface area (Å²) >= 11 is 1.42. The van der Waals surface area contributed by atoms with E-state index >= 15 is 0 Å². The Morgan fingerprint density at radius 2 is 2.67 bits per heavy atom. The normalized spacial score (nSPS) is 16.2. The van der Waals surface area contributed by atoms with Crippen molar-refractivity contribution in [2.45, 2.75) is 5.16 Å². The van der Waals surface area contributed by atoms with Crippen LogP contribution in [0.25, 0.3) is 0 Å². The SMILES string of the molecule is O=C1CSc2nncn21. The zero-order chi connectivity index (χ0) is 6.27. The fourth-order valence-electron chi connectivity index (χ4n) is 0.690. The molecule has 1 aliphatic rings. The van der Waals surface area contributed by atoms with Crippen molar-refractivity contribution in [3.63, 3.8) is 0 Å². The summed E-state index contributed by atoms with van der Waals surface area (Å²) < 4.78 is 1.46. The summed E-state index contributed by atoms with van der Waals surface area (Å²) in [4.78, 5) is 10.8. The van der Waals surface area contributed by atoms with Gasteiger partial charge in [0.25, 0.3) is 0 Å². The van der Waals surface area contributed by atoms with Gasteiger partial charge in [-0.2, -0.15) is 0 Å². The van der Waals surface area contributed by atoms with Crippen LogP contribution >= 0.6 is 11.8 Å². The first kappa shape index (κ1) is 4.99. The maximum Gasteiger partial charge on any atom is 0.244 e. The van der Waals surface area contributed by atoms with Gasteiger partial charge in [-0.1, -0.05) is 11.8 Å². The highest BCUT2D eigenvalue weighted by molar-refractivity contribution is 8.00. The number of hydrogen-bond acceptors (Lipinski definition) is 4. The molecule has 0 N–H and O–H groups in total. The quantitative estimate of drug-likeness (QED) is 0.511. The molecule has 0 amide bonds. The minimum absolute atomic E-state index is 0.0694. The van der Waals surface area contributed by atoms with E-state index in [1.54, 1.807) is 0 Å². The van der Waals surface area contributed by atoms with E-state index < -0.39 is 0 Å². The molecular weight excluding hydrogens is 138 g/mol. The van der Waals surface area contributed by atoms with Gasteiger partial charge in [-0.15, -0.1) is 10.2 Å². The maximum atomic E-state index is 10.8. The molecule has 9 heavy (non-hydrogen) atoms. The van der Waals surface area contributed by atoms with Gasteiger partial charge in [0.15, 0.2) is 5.16 Å². The summed E-state index contributed by atoms with van der Waals surface area (Å²) in [6, 6.07) is 0. The number of hydrogen-bond donors (Lipinski definition) is 0. The van der Waals surface area contributed by atoms with Crippen LogP contribution in [0.3, 0.4) is 0 Å². The fraction of sp³-hybridized carbons (Fsp3) is 0.250. The van der Waals surface area contributed by atoms with E-state index in [-0.39, 0.29) is 5.91 Å². The van der Waals surface area contributed by atoms with Crippen molar-refractivity contribution in [1.29, 1.82) is 0 Å². The van der Waals surface area contributed by atoms with E-state index in [0.29, 0.717) is 10.9 Å². The standard InChI is InChI=1S/C4H3N3OS/c8-3-1-9-4-6-5-2-7(3)4/h2H,1H2. The first-order valence-corrected chi connectivity index (χ1v) is 3.42. The van der Waals surface area contributed by atoms with Gasteiger partial charge >= 0.3 is 0 Å². The number of nitrogens with zero attached hydrogens (tertiary/aromatic N) is 3. The summed E-state index contributed by atoms with van der Waals surface area (Å²) in [6.45, 7) is 0. The second-order valence-corrected chi connectivity index (χ2v) is 2.61. The fourth-order valence-corrected chi connectivity index (χ4v) is 1.47. The molecule has 0 saturated carbocycles. The predicted octanol–water partition coefficient (Wildman–Crippen LogP) is 0.0240. The van der Waals surface area contributed by atoms with E-state index in [0.717, 1.165) is 0 Å². The molecule has 46 valence electrons. The molecule has 0 aliphatic carbocycles. The second-order valence-electron chi connectivity index (χ2n) is 1.67. The van der Waals surface area contributed by atoms with Gasteiger partial charge in [-0.3, -0.25) is 4.79 Å². The zero-order valence-corrected chi connectivity index (χ0v) is 5.26. The van der Waals surface area contributed by atoms with E-state index in [1.807, 2.05) is 0 Å². The second kappa shape index (κ2) is 1.57. The average molecular weight is 141 g/mol. The van der Waals surface area contributed by atoms with Gasteiger partial charge in [0.2, 0.25) is 5.91 Å². The van der Waals surface area contributed by atoms with Gasteiger partial charge in [-0.05, 0) is 0 Å². The van der Waals surface area contributed by atoms with Crippen LogP contribution in [-0.4, -0.2) is 26.4 Å². The lowest BCUT2D eigenvalue weighted by atomic mass is 10.7. The average Bonchev–Trinajstić information content (AvgIpc) is 2.35. The lowest BCUT2D eigenvalue weighted by molar-refractivity contribution is 0.0939. The molecule has 0 bridgehead atoms. The summed E-state index contributed by atoms with van der Waals surface area (Å²) in [5, 5.41) is 7.98. The van der Waals surface area contributed by atoms with Crippen molar-refractivity contribution in [3.05, 3.63) is 6.33 Å². The monoisotopic (exact) mass is 141 g/mol. The first-order valence-electron chi connectivity index (χ1n) is 2.44. The van der Waals surface area contributed by atoms with Crippen LogP contribution in [-0.2, 0) is 0 Å². The molecule has 0 aromatic carbocycles. The molecule has 1 aliphatic heterocycles. The Kier molecular flexibility index (Phi) is 0.869. The van der Waals surface area contributed by atoms with Crippen LogP contribution in [0, 0.1) is 0 Å². The molecule has 0 radical (unpaired) electrons. The molecule has 0 fully saturated rings. The van der Waals surface area contributed by atoms with Crippen LogP contribution in [0.15, 0.2) is 11.5 Å². The van der Waals surface area contributed by atoms with Crippen molar-refractivity contribution >= 4 is 17.7 Å². The molecular formula is C4H3N3OS. The van der Waals surface area contributed by atoms with Crippen LogP contribution in [0.4, 0.5) is 0 Å². The number of carbonyl (C=O) groups is 1. The highest BCUT2D eigenvalue weighted by atomic mass is 32.2. The Labute approximate surface area is 55.3 Å². The van der Waals surface area contributed by atoms with Crippen molar-refractivity contribution in [2.75, 3.05) is 5.75 Å². The minimum atomic E-state index is 0.0694. The number of thioether (sulfide) groups is 1. The van der Waals surface area contributed by atoms with Crippen LogP contribution in [0.2, 0.25) is 0 Å². The van der Waals surface area contributed by atoms with Gasteiger partial charge in [0.1, 0.15) is 6.33 Å². The molecule has 0 spiro atoms. The number of aromatic nitrogens is 3. The van der Waals surface area contributed by atoms with Crippen molar-refractivity contribution in [1.82, 2.24) is 14.8 Å². The van der Waals surface area contributed by atoms with E-state index in [4.69, 9.17) is 0 Å². The molecule has 0 unspecified atom stereocenters. The molecule has 4 nitrogen and oxygen atoms in total. The van der Waals surface area contributed by atoms with E-state index in [9.17, 15) is 4.79 Å². The zero-order valence-electron chi connectivity index (χ0n) is 4.44. The van der Waals surface area contributed by atoms with Gasteiger partial charge in [0, 0.05) is 0 Å². The predicted molar refractivity (Wildman–Crippen MR) is 31.4 cm³/mol.